The van der Waals surface area contributed by atoms with Crippen LogP contribution in [0.15, 0.2) is 41.0 Å². The molecule has 6 nitrogen and oxygen atoms in total. The number of furan rings is 1. The van der Waals surface area contributed by atoms with Crippen molar-refractivity contribution in [3.63, 3.8) is 0 Å². The maximum atomic E-state index is 10.8. The zero-order valence-corrected chi connectivity index (χ0v) is 9.28. The van der Waals surface area contributed by atoms with Gasteiger partial charge in [0.05, 0.1) is 17.3 Å². The van der Waals surface area contributed by atoms with E-state index in [1.54, 1.807) is 23.1 Å². The summed E-state index contributed by atoms with van der Waals surface area (Å²) in [6.45, 7) is 0.468. The van der Waals surface area contributed by atoms with Gasteiger partial charge in [-0.3, -0.25) is 0 Å². The van der Waals surface area contributed by atoms with Gasteiger partial charge >= 0.3 is 5.97 Å². The van der Waals surface area contributed by atoms with E-state index in [9.17, 15) is 4.79 Å². The van der Waals surface area contributed by atoms with Crippen LogP contribution in [-0.4, -0.2) is 26.1 Å². The summed E-state index contributed by atoms with van der Waals surface area (Å²) in [7, 11) is 0. The highest BCUT2D eigenvalue weighted by Gasteiger charge is 2.09. The molecule has 0 spiro atoms. The van der Waals surface area contributed by atoms with E-state index >= 15 is 0 Å². The van der Waals surface area contributed by atoms with Crippen molar-refractivity contribution in [2.75, 3.05) is 0 Å². The number of benzene rings is 1. The topological polar surface area (TPSA) is 81.1 Å². The van der Waals surface area contributed by atoms with Crippen LogP contribution in [0.3, 0.4) is 0 Å². The number of nitrogens with zero attached hydrogens (tertiary/aromatic N) is 3. The van der Waals surface area contributed by atoms with Crippen LogP contribution >= 0.6 is 0 Å². The van der Waals surface area contributed by atoms with E-state index in [0.717, 1.165) is 11.3 Å². The highest BCUT2D eigenvalue weighted by molar-refractivity contribution is 5.92. The Bertz CT molecular complexity index is 701. The monoisotopic (exact) mass is 243 g/mol. The second-order valence-corrected chi connectivity index (χ2v) is 3.84. The molecular weight excluding hydrogens is 234 g/mol. The lowest BCUT2D eigenvalue weighted by Crippen LogP contribution is -2.01. The highest BCUT2D eigenvalue weighted by Crippen LogP contribution is 2.15. The molecular formula is C12H9N3O3. The summed E-state index contributed by atoms with van der Waals surface area (Å²) in [5.41, 5.74) is 1.53. The second kappa shape index (κ2) is 3.99. The first-order valence-corrected chi connectivity index (χ1v) is 5.33. The van der Waals surface area contributed by atoms with Gasteiger partial charge in [0.15, 0.2) is 0 Å². The van der Waals surface area contributed by atoms with Crippen molar-refractivity contribution in [2.45, 2.75) is 6.54 Å². The number of carboxylic acids is 1. The van der Waals surface area contributed by atoms with Crippen molar-refractivity contribution < 1.29 is 14.3 Å². The van der Waals surface area contributed by atoms with Crippen LogP contribution < -0.4 is 0 Å². The average Bonchev–Trinajstić information content (AvgIpc) is 2.99. The smallest absolute Gasteiger partial charge is 0.335 e. The molecule has 0 fully saturated rings. The van der Waals surface area contributed by atoms with Crippen molar-refractivity contribution in [3.8, 4) is 0 Å². The van der Waals surface area contributed by atoms with E-state index in [0.29, 0.717) is 12.1 Å². The summed E-state index contributed by atoms with van der Waals surface area (Å²) in [5, 5.41) is 16.8. The first kappa shape index (κ1) is 10.5. The van der Waals surface area contributed by atoms with E-state index in [2.05, 4.69) is 10.3 Å². The second-order valence-electron chi connectivity index (χ2n) is 3.84. The van der Waals surface area contributed by atoms with Crippen molar-refractivity contribution >= 4 is 17.0 Å². The van der Waals surface area contributed by atoms with Gasteiger partial charge in [-0.25, -0.2) is 9.48 Å². The van der Waals surface area contributed by atoms with E-state index < -0.39 is 5.97 Å². The Morgan fingerprint density at radius 3 is 3.00 bits per heavy atom. The minimum absolute atomic E-state index is 0.201. The van der Waals surface area contributed by atoms with Crippen molar-refractivity contribution in [3.05, 3.63) is 47.9 Å². The van der Waals surface area contributed by atoms with Crippen LogP contribution in [0, 0.1) is 0 Å². The highest BCUT2D eigenvalue weighted by atomic mass is 16.4. The van der Waals surface area contributed by atoms with E-state index in [-0.39, 0.29) is 5.56 Å². The third kappa shape index (κ3) is 1.73. The lowest BCUT2D eigenvalue weighted by Gasteiger charge is -1.99. The fraction of sp³-hybridized carbons (Fsp3) is 0.0833. The number of fused-ring (bicyclic) bond motifs is 1. The molecule has 2 aromatic heterocycles. The normalized spacial score (nSPS) is 10.9. The summed E-state index contributed by atoms with van der Waals surface area (Å²) in [5.74, 6) is -0.207. The first-order valence-electron chi connectivity index (χ1n) is 5.33. The number of hydrogen-bond acceptors (Lipinski definition) is 4. The largest absolute Gasteiger partial charge is 0.478 e. The van der Waals surface area contributed by atoms with Crippen LogP contribution in [0.1, 0.15) is 16.1 Å². The van der Waals surface area contributed by atoms with Gasteiger partial charge in [0.25, 0.3) is 0 Å². The number of hydrogen-bond donors (Lipinski definition) is 1. The molecule has 0 saturated heterocycles. The summed E-state index contributed by atoms with van der Waals surface area (Å²) in [4.78, 5) is 10.8. The third-order valence-corrected chi connectivity index (χ3v) is 2.65. The molecule has 1 N–H and O–H groups in total. The molecule has 0 amide bonds. The maximum Gasteiger partial charge on any atom is 0.335 e. The van der Waals surface area contributed by atoms with Gasteiger partial charge in [0, 0.05) is 0 Å². The number of aromatic nitrogens is 3. The number of carboxylic acid groups (broad SMARTS) is 1. The zero-order chi connectivity index (χ0) is 12.5. The van der Waals surface area contributed by atoms with Crippen LogP contribution in [0.5, 0.6) is 0 Å². The Balaban J connectivity index is 2.02. The van der Waals surface area contributed by atoms with Crippen LogP contribution in [0.4, 0.5) is 0 Å². The molecule has 18 heavy (non-hydrogen) atoms. The molecule has 0 unspecified atom stereocenters. The molecule has 0 bridgehead atoms. The third-order valence-electron chi connectivity index (χ3n) is 2.65. The summed E-state index contributed by atoms with van der Waals surface area (Å²) < 4.78 is 6.90. The Kier molecular flexibility index (Phi) is 2.33. The van der Waals surface area contributed by atoms with Crippen LogP contribution in [0.2, 0.25) is 0 Å². The van der Waals surface area contributed by atoms with E-state index in [1.807, 2.05) is 6.07 Å². The summed E-state index contributed by atoms with van der Waals surface area (Å²) in [6.07, 6.45) is 1.59. The number of carbonyl (C=O) groups is 1. The van der Waals surface area contributed by atoms with Gasteiger partial charge in [-0.05, 0) is 30.3 Å². The van der Waals surface area contributed by atoms with Crippen molar-refractivity contribution in [2.24, 2.45) is 0 Å². The molecule has 2 heterocycles. The van der Waals surface area contributed by atoms with Crippen molar-refractivity contribution in [1.29, 1.82) is 0 Å². The Morgan fingerprint density at radius 1 is 1.39 bits per heavy atom. The first-order chi connectivity index (χ1) is 8.74. The predicted molar refractivity (Wildman–Crippen MR) is 62.3 cm³/mol. The molecule has 0 aliphatic rings. The summed E-state index contributed by atoms with van der Waals surface area (Å²) >= 11 is 0. The lowest BCUT2D eigenvalue weighted by molar-refractivity contribution is 0.0697. The SMILES string of the molecule is O=C(O)c1ccc2c(c1)nnn2Cc1ccco1. The molecule has 3 aromatic rings. The Hall–Kier alpha value is -2.63. The molecule has 3 rings (SSSR count). The Morgan fingerprint density at radius 2 is 2.28 bits per heavy atom. The zero-order valence-electron chi connectivity index (χ0n) is 9.28. The molecule has 0 radical (unpaired) electrons. The van der Waals surface area contributed by atoms with E-state index in [1.165, 1.54) is 12.1 Å². The van der Waals surface area contributed by atoms with Gasteiger partial charge < -0.3 is 9.52 Å². The minimum Gasteiger partial charge on any atom is -0.478 e. The number of aromatic carboxylic acids is 1. The van der Waals surface area contributed by atoms with Gasteiger partial charge in [-0.15, -0.1) is 5.10 Å². The quantitative estimate of drug-likeness (QED) is 0.758. The van der Waals surface area contributed by atoms with E-state index in [4.69, 9.17) is 9.52 Å². The molecule has 0 aliphatic carbocycles. The fourth-order valence-corrected chi connectivity index (χ4v) is 1.77. The molecule has 0 atom stereocenters. The number of rotatable bonds is 3. The molecule has 90 valence electrons. The van der Waals surface area contributed by atoms with Gasteiger partial charge in [-0.2, -0.15) is 0 Å². The average molecular weight is 243 g/mol. The Labute approximate surface area is 101 Å². The molecule has 0 saturated carbocycles. The lowest BCUT2D eigenvalue weighted by atomic mass is 10.2. The molecule has 0 aliphatic heterocycles. The standard InChI is InChI=1S/C12H9N3O3/c16-12(17)8-3-4-11-10(6-8)13-14-15(11)7-9-2-1-5-18-9/h1-6H,7H2,(H,16,17). The van der Waals surface area contributed by atoms with Gasteiger partial charge in [-0.1, -0.05) is 5.21 Å². The van der Waals surface area contributed by atoms with Gasteiger partial charge in [0.2, 0.25) is 0 Å². The van der Waals surface area contributed by atoms with Crippen molar-refractivity contribution in [1.82, 2.24) is 15.0 Å². The van der Waals surface area contributed by atoms with Crippen LogP contribution in [0.25, 0.3) is 11.0 Å². The molecule has 1 aromatic carbocycles. The molecule has 6 heteroatoms. The fourth-order valence-electron chi connectivity index (χ4n) is 1.77. The minimum atomic E-state index is -0.975. The maximum absolute atomic E-state index is 10.8. The van der Waals surface area contributed by atoms with Gasteiger partial charge in [0.1, 0.15) is 17.8 Å². The predicted octanol–water partition coefficient (Wildman–Crippen LogP) is 1.77. The van der Waals surface area contributed by atoms with Crippen LogP contribution in [-0.2, 0) is 6.54 Å². The summed E-state index contributed by atoms with van der Waals surface area (Å²) in [6, 6.07) is 8.38.